The van der Waals surface area contributed by atoms with E-state index in [4.69, 9.17) is 9.47 Å². The second kappa shape index (κ2) is 10.7. The predicted octanol–water partition coefficient (Wildman–Crippen LogP) is 7.35. The van der Waals surface area contributed by atoms with Crippen molar-refractivity contribution in [1.82, 2.24) is 0 Å². The van der Waals surface area contributed by atoms with Crippen molar-refractivity contribution >= 4 is 11.6 Å². The fraction of sp³-hybridized carbons (Fsp3) is 0.519. The second-order valence-corrected chi connectivity index (χ2v) is 9.18. The van der Waals surface area contributed by atoms with Gasteiger partial charge in [0.05, 0.1) is 0 Å². The molecule has 3 rings (SSSR count). The van der Waals surface area contributed by atoms with Crippen molar-refractivity contribution in [2.45, 2.75) is 84.5 Å². The van der Waals surface area contributed by atoms with E-state index in [1.807, 2.05) is 12.1 Å². The fourth-order valence-electron chi connectivity index (χ4n) is 4.30. The highest BCUT2D eigenvalue weighted by Gasteiger charge is 2.22. The lowest BCUT2D eigenvalue weighted by atomic mass is 9.89. The van der Waals surface area contributed by atoms with Crippen LogP contribution in [0, 0.1) is 0 Å². The monoisotopic (exact) mass is 423 g/mol. The Hall–Kier alpha value is -2.49. The molecule has 168 valence electrons. The Bertz CT molecular complexity index is 862. The number of unbranched alkanes of at least 4 members (excludes halogenated alkanes) is 2. The van der Waals surface area contributed by atoms with Crippen molar-refractivity contribution in [3.63, 3.8) is 0 Å². The molecule has 1 amide bonds. The van der Waals surface area contributed by atoms with Gasteiger partial charge in [0.15, 0.2) is 11.5 Å². The van der Waals surface area contributed by atoms with Gasteiger partial charge in [-0.05, 0) is 53.0 Å². The van der Waals surface area contributed by atoms with Gasteiger partial charge < -0.3 is 14.8 Å². The number of rotatable bonds is 10. The summed E-state index contributed by atoms with van der Waals surface area (Å²) in [5, 5.41) is 3.29. The Kier molecular flexibility index (Phi) is 8.00. The van der Waals surface area contributed by atoms with Crippen molar-refractivity contribution in [2.75, 3.05) is 12.1 Å². The highest BCUT2D eigenvalue weighted by atomic mass is 16.7. The first-order chi connectivity index (χ1) is 14.9. The van der Waals surface area contributed by atoms with Crippen LogP contribution >= 0.6 is 0 Å². The minimum atomic E-state index is 0.0779. The van der Waals surface area contributed by atoms with Gasteiger partial charge in [-0.15, -0.1) is 0 Å². The largest absolute Gasteiger partial charge is 0.454 e. The normalized spacial score (nSPS) is 13.6. The molecule has 2 aromatic rings. The molecule has 0 bridgehead atoms. The molecule has 0 aliphatic carbocycles. The number of nitrogens with one attached hydrogen (secondary N) is 1. The van der Waals surface area contributed by atoms with Crippen molar-refractivity contribution in [2.24, 2.45) is 0 Å². The van der Waals surface area contributed by atoms with Crippen LogP contribution in [0.15, 0.2) is 36.4 Å². The van der Waals surface area contributed by atoms with E-state index < -0.39 is 0 Å². The van der Waals surface area contributed by atoms with E-state index in [1.165, 1.54) is 24.0 Å². The molecule has 0 spiro atoms. The van der Waals surface area contributed by atoms with E-state index in [0.717, 1.165) is 35.6 Å². The van der Waals surface area contributed by atoms with E-state index in [0.29, 0.717) is 18.3 Å². The van der Waals surface area contributed by atoms with Gasteiger partial charge in [-0.1, -0.05) is 78.1 Å². The molecular weight excluding hydrogens is 386 g/mol. The Morgan fingerprint density at radius 2 is 1.65 bits per heavy atom. The average Bonchev–Trinajstić information content (AvgIpc) is 3.20. The zero-order valence-electron chi connectivity index (χ0n) is 19.7. The van der Waals surface area contributed by atoms with Crippen LogP contribution in [0.2, 0.25) is 0 Å². The van der Waals surface area contributed by atoms with Crippen LogP contribution in [-0.4, -0.2) is 12.7 Å². The number of benzene rings is 2. The lowest BCUT2D eigenvalue weighted by Crippen LogP contribution is -2.18. The van der Waals surface area contributed by atoms with Gasteiger partial charge >= 0.3 is 0 Å². The number of amides is 1. The smallest absolute Gasteiger partial charge is 0.231 e. The van der Waals surface area contributed by atoms with Crippen molar-refractivity contribution < 1.29 is 14.3 Å². The summed E-state index contributed by atoms with van der Waals surface area (Å²) < 4.78 is 11.0. The lowest BCUT2D eigenvalue weighted by Gasteiger charge is -2.22. The summed E-state index contributed by atoms with van der Waals surface area (Å²) in [7, 11) is 0. The van der Waals surface area contributed by atoms with Gasteiger partial charge in [-0.25, -0.2) is 0 Å². The number of carbonyl (C=O) groups excluding carboxylic acids is 1. The summed E-state index contributed by atoms with van der Waals surface area (Å²) in [5.41, 5.74) is 4.54. The molecule has 0 saturated carbocycles. The molecule has 31 heavy (non-hydrogen) atoms. The van der Waals surface area contributed by atoms with Crippen LogP contribution in [0.3, 0.4) is 0 Å². The van der Waals surface area contributed by atoms with E-state index >= 15 is 0 Å². The van der Waals surface area contributed by atoms with Crippen molar-refractivity contribution in [1.29, 1.82) is 0 Å². The quantitative estimate of drug-likeness (QED) is 0.406. The van der Waals surface area contributed by atoms with Crippen LogP contribution in [0.25, 0.3) is 0 Å². The Balaban J connectivity index is 1.81. The first kappa shape index (κ1) is 23.2. The molecule has 0 radical (unpaired) electrons. The van der Waals surface area contributed by atoms with Gasteiger partial charge in [-0.2, -0.15) is 0 Å². The second-order valence-electron chi connectivity index (χ2n) is 9.18. The summed E-state index contributed by atoms with van der Waals surface area (Å²) in [6.45, 7) is 11.2. The SMILES string of the molecule is CCCCC[C@@H](CC(=O)Nc1c(C(C)C)cccc1C(C)C)c1ccc2c(c1)OCO2. The molecule has 1 aliphatic heterocycles. The zero-order valence-corrected chi connectivity index (χ0v) is 19.7. The topological polar surface area (TPSA) is 47.6 Å². The summed E-state index contributed by atoms with van der Waals surface area (Å²) >= 11 is 0. The molecular formula is C27H37NO3. The van der Waals surface area contributed by atoms with Crippen LogP contribution < -0.4 is 14.8 Å². The molecule has 2 aromatic carbocycles. The average molecular weight is 424 g/mol. The Labute approximate surface area is 187 Å². The third-order valence-corrected chi connectivity index (χ3v) is 6.09. The van der Waals surface area contributed by atoms with Crippen LogP contribution in [-0.2, 0) is 4.79 Å². The maximum Gasteiger partial charge on any atom is 0.231 e. The third-order valence-electron chi connectivity index (χ3n) is 6.09. The predicted molar refractivity (Wildman–Crippen MR) is 127 cm³/mol. The van der Waals surface area contributed by atoms with Gasteiger partial charge in [0, 0.05) is 12.1 Å². The summed E-state index contributed by atoms with van der Waals surface area (Å²) in [6.07, 6.45) is 4.91. The molecule has 4 heteroatoms. The molecule has 1 atom stereocenters. The number of hydrogen-bond donors (Lipinski definition) is 1. The van der Waals surface area contributed by atoms with Gasteiger partial charge in [0.1, 0.15) is 0 Å². The van der Waals surface area contributed by atoms with E-state index in [-0.39, 0.29) is 18.6 Å². The van der Waals surface area contributed by atoms with Gasteiger partial charge in [-0.3, -0.25) is 4.79 Å². The summed E-state index contributed by atoms with van der Waals surface area (Å²) in [6, 6.07) is 12.5. The minimum Gasteiger partial charge on any atom is -0.454 e. The van der Waals surface area contributed by atoms with E-state index in [9.17, 15) is 4.79 Å². The molecule has 1 aliphatic rings. The maximum atomic E-state index is 13.2. The number of para-hydroxylation sites is 1. The van der Waals surface area contributed by atoms with Gasteiger partial charge in [0.2, 0.25) is 12.7 Å². The summed E-state index contributed by atoms with van der Waals surface area (Å²) in [4.78, 5) is 13.2. The maximum absolute atomic E-state index is 13.2. The number of hydrogen-bond acceptors (Lipinski definition) is 3. The number of fused-ring (bicyclic) bond motifs is 1. The van der Waals surface area contributed by atoms with Crippen LogP contribution in [0.5, 0.6) is 11.5 Å². The molecule has 0 fully saturated rings. The van der Waals surface area contributed by atoms with E-state index in [1.54, 1.807) is 0 Å². The van der Waals surface area contributed by atoms with Crippen LogP contribution in [0.1, 0.15) is 101 Å². The summed E-state index contributed by atoms with van der Waals surface area (Å²) in [5.74, 6) is 2.51. The zero-order chi connectivity index (χ0) is 22.4. The third kappa shape index (κ3) is 5.81. The minimum absolute atomic E-state index is 0.0779. The molecule has 4 nitrogen and oxygen atoms in total. The Morgan fingerprint density at radius 1 is 0.968 bits per heavy atom. The molecule has 0 unspecified atom stereocenters. The highest BCUT2D eigenvalue weighted by molar-refractivity contribution is 5.93. The lowest BCUT2D eigenvalue weighted by molar-refractivity contribution is -0.116. The fourth-order valence-corrected chi connectivity index (χ4v) is 4.30. The van der Waals surface area contributed by atoms with Crippen molar-refractivity contribution in [3.05, 3.63) is 53.1 Å². The number of ether oxygens (including phenoxy) is 2. The Morgan fingerprint density at radius 3 is 2.29 bits per heavy atom. The van der Waals surface area contributed by atoms with Gasteiger partial charge in [0.25, 0.3) is 0 Å². The molecule has 1 heterocycles. The molecule has 0 saturated heterocycles. The highest BCUT2D eigenvalue weighted by Crippen LogP contribution is 2.38. The number of anilines is 1. The molecule has 0 aromatic heterocycles. The first-order valence-electron chi connectivity index (χ1n) is 11.7. The molecule has 1 N–H and O–H groups in total. The first-order valence-corrected chi connectivity index (χ1v) is 11.7. The number of carbonyl (C=O) groups is 1. The standard InChI is InChI=1S/C27H37NO3/c1-6-7-8-10-20(21-13-14-24-25(15-21)31-17-30-24)16-26(29)28-27-22(18(2)3)11-9-12-23(27)19(4)5/h9,11-15,18-20H,6-8,10,16-17H2,1-5H3,(H,28,29)/t20-/m0/s1. The van der Waals surface area contributed by atoms with Crippen molar-refractivity contribution in [3.8, 4) is 11.5 Å². The van der Waals surface area contributed by atoms with E-state index in [2.05, 4.69) is 64.2 Å². The van der Waals surface area contributed by atoms with Crippen LogP contribution in [0.4, 0.5) is 5.69 Å².